The Balaban J connectivity index is 3.86. The van der Waals surface area contributed by atoms with Gasteiger partial charge in [-0.15, -0.1) is 6.58 Å². The van der Waals surface area contributed by atoms with Gasteiger partial charge < -0.3 is 9.84 Å². The molecule has 0 spiro atoms. The Labute approximate surface area is 76.5 Å². The molecule has 0 aromatic heterocycles. The number of ether oxygens (including phenoxy) is 1. The molecule has 1 unspecified atom stereocenters. The Bertz CT molecular complexity index is 230. The summed E-state index contributed by atoms with van der Waals surface area (Å²) in [4.78, 5) is 20.8. The third-order valence-electron chi connectivity index (χ3n) is 1.18. The minimum Gasteiger partial charge on any atom is -0.478 e. The molecule has 4 nitrogen and oxygen atoms in total. The number of carboxylic acid groups (broad SMARTS) is 1. The first-order valence-electron chi connectivity index (χ1n) is 3.78. The van der Waals surface area contributed by atoms with E-state index in [0.717, 1.165) is 12.2 Å². The van der Waals surface area contributed by atoms with E-state index in [1.165, 1.54) is 0 Å². The van der Waals surface area contributed by atoms with Crippen LogP contribution in [-0.2, 0) is 14.3 Å². The van der Waals surface area contributed by atoms with Crippen molar-refractivity contribution in [2.45, 2.75) is 19.4 Å². The lowest BCUT2D eigenvalue weighted by Gasteiger charge is -2.07. The molecule has 0 heterocycles. The number of carbonyl (C=O) groups is 2. The summed E-state index contributed by atoms with van der Waals surface area (Å²) >= 11 is 0. The predicted octanol–water partition coefficient (Wildman–Crippen LogP) is 1.14. The van der Waals surface area contributed by atoms with E-state index in [4.69, 9.17) is 9.84 Å². The van der Waals surface area contributed by atoms with E-state index < -0.39 is 11.9 Å². The van der Waals surface area contributed by atoms with Crippen molar-refractivity contribution in [1.29, 1.82) is 0 Å². The van der Waals surface area contributed by atoms with E-state index in [1.54, 1.807) is 13.0 Å². The number of aliphatic carboxylic acids is 1. The quantitative estimate of drug-likeness (QED) is 0.395. The van der Waals surface area contributed by atoms with Crippen molar-refractivity contribution >= 4 is 11.9 Å². The van der Waals surface area contributed by atoms with Crippen LogP contribution in [0.25, 0.3) is 0 Å². The van der Waals surface area contributed by atoms with Gasteiger partial charge in [-0.2, -0.15) is 0 Å². The van der Waals surface area contributed by atoms with Gasteiger partial charge in [0, 0.05) is 18.6 Å². The van der Waals surface area contributed by atoms with Gasteiger partial charge >= 0.3 is 11.9 Å². The van der Waals surface area contributed by atoms with E-state index in [9.17, 15) is 9.59 Å². The summed E-state index contributed by atoms with van der Waals surface area (Å²) in [5, 5.41) is 8.19. The van der Waals surface area contributed by atoms with Crippen LogP contribution >= 0.6 is 0 Å². The molecule has 1 atom stereocenters. The second-order valence-corrected chi connectivity index (χ2v) is 2.44. The highest BCUT2D eigenvalue weighted by Crippen LogP contribution is 1.98. The second kappa shape index (κ2) is 5.99. The summed E-state index contributed by atoms with van der Waals surface area (Å²) < 4.78 is 4.78. The largest absolute Gasteiger partial charge is 0.478 e. The average molecular weight is 184 g/mol. The zero-order valence-corrected chi connectivity index (χ0v) is 7.40. The summed E-state index contributed by atoms with van der Waals surface area (Å²) in [6.45, 7) is 5.18. The van der Waals surface area contributed by atoms with E-state index >= 15 is 0 Å². The minimum atomic E-state index is -1.17. The van der Waals surface area contributed by atoms with Crippen molar-refractivity contribution in [1.82, 2.24) is 0 Å². The van der Waals surface area contributed by atoms with Crippen LogP contribution in [0.4, 0.5) is 0 Å². The predicted molar refractivity (Wildman–Crippen MR) is 47.1 cm³/mol. The lowest BCUT2D eigenvalue weighted by Crippen LogP contribution is -2.12. The first-order valence-corrected chi connectivity index (χ1v) is 3.78. The van der Waals surface area contributed by atoms with Crippen LogP contribution in [0.2, 0.25) is 0 Å². The van der Waals surface area contributed by atoms with Gasteiger partial charge in [0.15, 0.2) is 0 Å². The maximum absolute atomic E-state index is 10.8. The molecule has 0 aliphatic heterocycles. The Morgan fingerprint density at radius 3 is 2.62 bits per heavy atom. The lowest BCUT2D eigenvalue weighted by molar-refractivity contribution is -0.142. The molecule has 0 bridgehead atoms. The van der Waals surface area contributed by atoms with Gasteiger partial charge in [-0.05, 0) is 6.92 Å². The van der Waals surface area contributed by atoms with E-state index in [1.807, 2.05) is 0 Å². The fourth-order valence-corrected chi connectivity index (χ4v) is 0.660. The smallest absolute Gasteiger partial charge is 0.331 e. The van der Waals surface area contributed by atoms with Crippen molar-refractivity contribution < 1.29 is 19.4 Å². The van der Waals surface area contributed by atoms with Crippen molar-refractivity contribution in [3.8, 4) is 0 Å². The highest BCUT2D eigenvalue weighted by atomic mass is 16.5. The molecule has 0 saturated heterocycles. The molecule has 0 aromatic carbocycles. The maximum Gasteiger partial charge on any atom is 0.331 e. The standard InChI is InChI=1S/C9H12O4/c1-3-4-7(2)13-9(12)6-5-8(10)11/h3,5-7H,1,4H2,2H3,(H,10,11)/b6-5-. The fourth-order valence-electron chi connectivity index (χ4n) is 0.660. The van der Waals surface area contributed by atoms with Crippen LogP contribution < -0.4 is 0 Å². The van der Waals surface area contributed by atoms with Crippen LogP contribution in [0.3, 0.4) is 0 Å². The summed E-state index contributed by atoms with van der Waals surface area (Å²) in [6.07, 6.45) is 3.51. The van der Waals surface area contributed by atoms with Gasteiger partial charge in [0.25, 0.3) is 0 Å². The summed E-state index contributed by atoms with van der Waals surface area (Å²) in [5.41, 5.74) is 0. The van der Waals surface area contributed by atoms with Gasteiger partial charge in [0.1, 0.15) is 6.10 Å². The van der Waals surface area contributed by atoms with Crippen LogP contribution in [0.5, 0.6) is 0 Å². The maximum atomic E-state index is 10.8. The van der Waals surface area contributed by atoms with Gasteiger partial charge in [-0.1, -0.05) is 6.08 Å². The van der Waals surface area contributed by atoms with E-state index in [2.05, 4.69) is 6.58 Å². The Morgan fingerprint density at radius 2 is 2.15 bits per heavy atom. The Hall–Kier alpha value is -1.58. The van der Waals surface area contributed by atoms with Crippen LogP contribution in [0, 0.1) is 0 Å². The van der Waals surface area contributed by atoms with Crippen molar-refractivity contribution in [2.75, 3.05) is 0 Å². The second-order valence-electron chi connectivity index (χ2n) is 2.44. The number of esters is 1. The number of hydrogen-bond acceptors (Lipinski definition) is 3. The van der Waals surface area contributed by atoms with Crippen molar-refractivity contribution in [3.05, 3.63) is 24.8 Å². The first-order chi connectivity index (χ1) is 6.06. The molecule has 0 radical (unpaired) electrons. The molecule has 13 heavy (non-hydrogen) atoms. The third-order valence-corrected chi connectivity index (χ3v) is 1.18. The number of carbonyl (C=O) groups excluding carboxylic acids is 1. The van der Waals surface area contributed by atoms with Gasteiger partial charge in [-0.3, -0.25) is 0 Å². The Kier molecular flexibility index (Phi) is 5.27. The van der Waals surface area contributed by atoms with Gasteiger partial charge in [0.05, 0.1) is 0 Å². The van der Waals surface area contributed by atoms with E-state index in [0.29, 0.717) is 6.42 Å². The third kappa shape index (κ3) is 6.80. The summed E-state index contributed by atoms with van der Waals surface area (Å²) in [6, 6.07) is 0. The molecular formula is C9H12O4. The van der Waals surface area contributed by atoms with E-state index in [-0.39, 0.29) is 6.10 Å². The molecule has 0 rings (SSSR count). The molecule has 0 aliphatic carbocycles. The number of rotatable bonds is 5. The molecule has 0 fully saturated rings. The highest BCUT2D eigenvalue weighted by Gasteiger charge is 2.04. The molecule has 0 saturated carbocycles. The molecule has 0 aliphatic rings. The van der Waals surface area contributed by atoms with Gasteiger partial charge in [-0.25, -0.2) is 9.59 Å². The van der Waals surface area contributed by atoms with Crippen LogP contribution in [0.15, 0.2) is 24.8 Å². The highest BCUT2D eigenvalue weighted by molar-refractivity contribution is 5.90. The Morgan fingerprint density at radius 1 is 1.54 bits per heavy atom. The minimum absolute atomic E-state index is 0.275. The SMILES string of the molecule is C=CCC(C)OC(=O)/C=C\C(=O)O. The fraction of sp³-hybridized carbons (Fsp3) is 0.333. The zero-order valence-electron chi connectivity index (χ0n) is 7.40. The number of carboxylic acids is 1. The first kappa shape index (κ1) is 11.4. The van der Waals surface area contributed by atoms with Crippen LogP contribution in [-0.4, -0.2) is 23.1 Å². The molecular weight excluding hydrogens is 172 g/mol. The summed E-state index contributed by atoms with van der Waals surface area (Å²) in [5.74, 6) is -1.83. The normalized spacial score (nSPS) is 12.4. The average Bonchev–Trinajstić information content (AvgIpc) is 2.01. The van der Waals surface area contributed by atoms with Crippen molar-refractivity contribution in [2.24, 2.45) is 0 Å². The van der Waals surface area contributed by atoms with Crippen LogP contribution in [0.1, 0.15) is 13.3 Å². The monoisotopic (exact) mass is 184 g/mol. The molecule has 72 valence electrons. The molecule has 0 amide bonds. The summed E-state index contributed by atoms with van der Waals surface area (Å²) in [7, 11) is 0. The van der Waals surface area contributed by atoms with Crippen molar-refractivity contribution in [3.63, 3.8) is 0 Å². The molecule has 0 aromatic rings. The molecule has 4 heteroatoms. The lowest BCUT2D eigenvalue weighted by atomic mass is 10.3. The number of hydrogen-bond donors (Lipinski definition) is 1. The zero-order chi connectivity index (χ0) is 10.3. The topological polar surface area (TPSA) is 63.6 Å². The van der Waals surface area contributed by atoms with Gasteiger partial charge in [0.2, 0.25) is 0 Å². The molecule has 1 N–H and O–H groups in total.